The van der Waals surface area contributed by atoms with Gasteiger partial charge in [-0.15, -0.1) is 0 Å². The van der Waals surface area contributed by atoms with E-state index in [2.05, 4.69) is 64.1 Å². The second-order valence-electron chi connectivity index (χ2n) is 8.06. The molecule has 3 heteroatoms. The number of ether oxygens (including phenoxy) is 1. The third-order valence-electron chi connectivity index (χ3n) is 6.05. The quantitative estimate of drug-likeness (QED) is 0.383. The van der Waals surface area contributed by atoms with Crippen molar-refractivity contribution in [2.24, 2.45) is 0 Å². The van der Waals surface area contributed by atoms with Crippen molar-refractivity contribution in [2.45, 2.75) is 25.9 Å². The third-order valence-corrected chi connectivity index (χ3v) is 6.05. The molecule has 152 valence electrons. The molecular weight excluding hydrogens is 368 g/mol. The summed E-state index contributed by atoms with van der Waals surface area (Å²) < 4.78 is 8.41. The zero-order chi connectivity index (χ0) is 20.2. The average Bonchev–Trinajstić information content (AvgIpc) is 3.11. The van der Waals surface area contributed by atoms with Gasteiger partial charge in [-0.05, 0) is 35.7 Å². The van der Waals surface area contributed by atoms with Crippen molar-refractivity contribution >= 4 is 10.9 Å². The van der Waals surface area contributed by atoms with Crippen LogP contribution in [-0.2, 0) is 19.5 Å². The summed E-state index contributed by atoms with van der Waals surface area (Å²) in [6.45, 7) is 4.93. The molecule has 0 aliphatic carbocycles. The normalized spacial score (nSPS) is 14.0. The van der Waals surface area contributed by atoms with Crippen LogP contribution in [0.5, 0.6) is 5.75 Å². The Balaban J connectivity index is 1.29. The molecule has 1 aromatic heterocycles. The Labute approximate surface area is 178 Å². The summed E-state index contributed by atoms with van der Waals surface area (Å²) in [6.07, 6.45) is 2.16. The Kier molecular flexibility index (Phi) is 5.54. The summed E-state index contributed by atoms with van der Waals surface area (Å²) in [5.74, 6) is 0.961. The lowest BCUT2D eigenvalue weighted by Crippen LogP contribution is -2.32. The predicted molar refractivity (Wildman–Crippen MR) is 123 cm³/mol. The first-order valence-corrected chi connectivity index (χ1v) is 10.9. The lowest BCUT2D eigenvalue weighted by atomic mass is 10.0. The van der Waals surface area contributed by atoms with Crippen molar-refractivity contribution in [1.82, 2.24) is 9.47 Å². The van der Waals surface area contributed by atoms with Crippen molar-refractivity contribution in [3.63, 3.8) is 0 Å². The lowest BCUT2D eigenvalue weighted by Gasteiger charge is -2.28. The minimum absolute atomic E-state index is 0.767. The maximum absolute atomic E-state index is 5.88. The molecule has 1 aliphatic rings. The number of hydrogen-bond donors (Lipinski definition) is 0. The van der Waals surface area contributed by atoms with Gasteiger partial charge < -0.3 is 9.30 Å². The van der Waals surface area contributed by atoms with Gasteiger partial charge in [-0.1, -0.05) is 66.7 Å². The van der Waals surface area contributed by atoms with Crippen LogP contribution in [-0.4, -0.2) is 29.2 Å². The minimum atomic E-state index is 0.767. The molecule has 3 nitrogen and oxygen atoms in total. The standard InChI is InChI=1S/C27H28N2O/c1-3-10-22(11-4-1)20-29-26-15-8-7-14-24(26)25-21-28(18-16-27(25)29)17-9-19-30-23-12-5-2-6-13-23/h1-8,10-15H,9,16-21H2. The number of para-hydroxylation sites is 2. The molecule has 0 saturated carbocycles. The molecule has 3 aromatic carbocycles. The first-order valence-electron chi connectivity index (χ1n) is 10.9. The van der Waals surface area contributed by atoms with E-state index in [0.717, 1.165) is 51.4 Å². The Morgan fingerprint density at radius 3 is 2.37 bits per heavy atom. The van der Waals surface area contributed by atoms with Gasteiger partial charge >= 0.3 is 0 Å². The second kappa shape index (κ2) is 8.76. The van der Waals surface area contributed by atoms with E-state index in [0.29, 0.717) is 0 Å². The third kappa shape index (κ3) is 3.99. The van der Waals surface area contributed by atoms with E-state index in [1.807, 2.05) is 30.3 Å². The Morgan fingerprint density at radius 1 is 0.800 bits per heavy atom. The van der Waals surface area contributed by atoms with Crippen LogP contribution < -0.4 is 4.74 Å². The van der Waals surface area contributed by atoms with Gasteiger partial charge in [0, 0.05) is 49.2 Å². The Hall–Kier alpha value is -3.04. The molecule has 2 heterocycles. The fourth-order valence-electron chi connectivity index (χ4n) is 4.59. The smallest absolute Gasteiger partial charge is 0.119 e. The summed E-state index contributed by atoms with van der Waals surface area (Å²) in [5.41, 5.74) is 5.75. The van der Waals surface area contributed by atoms with Gasteiger partial charge in [0.05, 0.1) is 6.61 Å². The highest BCUT2D eigenvalue weighted by atomic mass is 16.5. The maximum Gasteiger partial charge on any atom is 0.119 e. The van der Waals surface area contributed by atoms with Gasteiger partial charge in [-0.3, -0.25) is 4.90 Å². The average molecular weight is 397 g/mol. The number of rotatable bonds is 7. The van der Waals surface area contributed by atoms with Crippen LogP contribution in [0.1, 0.15) is 23.2 Å². The number of benzene rings is 3. The topological polar surface area (TPSA) is 17.4 Å². The van der Waals surface area contributed by atoms with E-state index in [-0.39, 0.29) is 0 Å². The van der Waals surface area contributed by atoms with Crippen LogP contribution in [0, 0.1) is 0 Å². The molecule has 1 aliphatic heterocycles. The predicted octanol–water partition coefficient (Wildman–Crippen LogP) is 5.52. The molecule has 0 N–H and O–H groups in total. The van der Waals surface area contributed by atoms with Crippen LogP contribution in [0.15, 0.2) is 84.9 Å². The van der Waals surface area contributed by atoms with Crippen molar-refractivity contribution in [3.8, 4) is 5.75 Å². The van der Waals surface area contributed by atoms with Crippen molar-refractivity contribution < 1.29 is 4.74 Å². The molecule has 0 fully saturated rings. The van der Waals surface area contributed by atoms with Gasteiger partial charge in [0.25, 0.3) is 0 Å². The molecular formula is C27H28N2O. The van der Waals surface area contributed by atoms with Crippen molar-refractivity contribution in [3.05, 3.63) is 102 Å². The molecule has 0 unspecified atom stereocenters. The highest BCUT2D eigenvalue weighted by Gasteiger charge is 2.23. The number of fused-ring (bicyclic) bond motifs is 3. The molecule has 0 atom stereocenters. The Bertz CT molecular complexity index is 1100. The summed E-state index contributed by atoms with van der Waals surface area (Å²) in [7, 11) is 0. The summed E-state index contributed by atoms with van der Waals surface area (Å²) in [4.78, 5) is 2.58. The first kappa shape index (κ1) is 19.0. The van der Waals surface area contributed by atoms with Crippen LogP contribution in [0.3, 0.4) is 0 Å². The number of nitrogens with zero attached hydrogens (tertiary/aromatic N) is 2. The molecule has 0 spiro atoms. The zero-order valence-electron chi connectivity index (χ0n) is 17.3. The molecule has 0 radical (unpaired) electrons. The van der Waals surface area contributed by atoms with E-state index in [1.54, 1.807) is 0 Å². The van der Waals surface area contributed by atoms with Crippen LogP contribution in [0.4, 0.5) is 0 Å². The van der Waals surface area contributed by atoms with E-state index < -0.39 is 0 Å². The van der Waals surface area contributed by atoms with Crippen molar-refractivity contribution in [2.75, 3.05) is 19.7 Å². The van der Waals surface area contributed by atoms with E-state index >= 15 is 0 Å². The van der Waals surface area contributed by atoms with E-state index in [1.165, 1.54) is 27.7 Å². The SMILES string of the molecule is c1ccc(Cn2c3c(c4ccccc42)CN(CCCOc2ccccc2)CC3)cc1. The van der Waals surface area contributed by atoms with Crippen LogP contribution >= 0.6 is 0 Å². The summed E-state index contributed by atoms with van der Waals surface area (Å²) in [5, 5.41) is 1.41. The second-order valence-corrected chi connectivity index (χ2v) is 8.06. The van der Waals surface area contributed by atoms with Gasteiger partial charge in [0.15, 0.2) is 0 Å². The summed E-state index contributed by atoms with van der Waals surface area (Å²) >= 11 is 0. The highest BCUT2D eigenvalue weighted by Crippen LogP contribution is 2.31. The van der Waals surface area contributed by atoms with E-state index in [9.17, 15) is 0 Å². The fourth-order valence-corrected chi connectivity index (χ4v) is 4.59. The van der Waals surface area contributed by atoms with Gasteiger partial charge in [-0.2, -0.15) is 0 Å². The summed E-state index contributed by atoms with van der Waals surface area (Å²) in [6, 6.07) is 29.8. The van der Waals surface area contributed by atoms with Crippen LogP contribution in [0.25, 0.3) is 10.9 Å². The first-order chi connectivity index (χ1) is 14.9. The minimum Gasteiger partial charge on any atom is -0.494 e. The van der Waals surface area contributed by atoms with Gasteiger partial charge in [0.1, 0.15) is 5.75 Å². The van der Waals surface area contributed by atoms with Crippen LogP contribution in [0.2, 0.25) is 0 Å². The molecule has 4 aromatic rings. The highest BCUT2D eigenvalue weighted by molar-refractivity contribution is 5.86. The molecule has 30 heavy (non-hydrogen) atoms. The molecule has 0 amide bonds. The zero-order valence-corrected chi connectivity index (χ0v) is 17.3. The van der Waals surface area contributed by atoms with Gasteiger partial charge in [0.2, 0.25) is 0 Å². The van der Waals surface area contributed by atoms with Gasteiger partial charge in [-0.25, -0.2) is 0 Å². The fraction of sp³-hybridized carbons (Fsp3) is 0.259. The lowest BCUT2D eigenvalue weighted by molar-refractivity contribution is 0.220. The monoisotopic (exact) mass is 396 g/mol. The Morgan fingerprint density at radius 2 is 1.53 bits per heavy atom. The number of aromatic nitrogens is 1. The number of hydrogen-bond acceptors (Lipinski definition) is 2. The molecule has 0 saturated heterocycles. The maximum atomic E-state index is 5.88. The molecule has 0 bridgehead atoms. The van der Waals surface area contributed by atoms with E-state index in [4.69, 9.17) is 4.74 Å². The van der Waals surface area contributed by atoms with Crippen molar-refractivity contribution in [1.29, 1.82) is 0 Å². The largest absolute Gasteiger partial charge is 0.494 e. The molecule has 5 rings (SSSR count).